The van der Waals surface area contributed by atoms with Crippen LogP contribution in [0.5, 0.6) is 11.5 Å². The number of hydrogen-bond donors (Lipinski definition) is 0. The quantitative estimate of drug-likeness (QED) is 0.614. The van der Waals surface area contributed by atoms with Crippen LogP contribution in [0.2, 0.25) is 0 Å². The fourth-order valence-electron chi connectivity index (χ4n) is 2.81. The van der Waals surface area contributed by atoms with Crippen LogP contribution in [0.4, 0.5) is 0 Å². The maximum Gasteiger partial charge on any atom is 0.231 e. The highest BCUT2D eigenvalue weighted by Gasteiger charge is 2.15. The van der Waals surface area contributed by atoms with Crippen molar-refractivity contribution in [1.82, 2.24) is 0 Å². The van der Waals surface area contributed by atoms with E-state index < -0.39 is 0 Å². The summed E-state index contributed by atoms with van der Waals surface area (Å²) in [6, 6.07) is 18.7. The molecule has 22 heavy (non-hydrogen) atoms. The topological polar surface area (TPSA) is 18.5 Å². The van der Waals surface area contributed by atoms with Crippen molar-refractivity contribution in [2.24, 2.45) is 0 Å². The normalized spacial score (nSPS) is 13.1. The summed E-state index contributed by atoms with van der Waals surface area (Å²) >= 11 is 0. The summed E-state index contributed by atoms with van der Waals surface area (Å²) in [4.78, 5) is 0. The van der Waals surface area contributed by atoms with Gasteiger partial charge in [0.05, 0.1) is 0 Å². The minimum Gasteiger partial charge on any atom is -0.454 e. The van der Waals surface area contributed by atoms with Gasteiger partial charge >= 0.3 is 0 Å². The zero-order valence-corrected chi connectivity index (χ0v) is 12.4. The van der Waals surface area contributed by atoms with Crippen LogP contribution in [0.3, 0.4) is 0 Å². The van der Waals surface area contributed by atoms with Crippen molar-refractivity contribution >= 4 is 22.9 Å². The molecular weight excluding hydrogens is 272 g/mol. The van der Waals surface area contributed by atoms with Crippen LogP contribution in [-0.4, -0.2) is 6.79 Å². The predicted octanol–water partition coefficient (Wildman–Crippen LogP) is 5.05. The molecule has 0 N–H and O–H groups in total. The van der Waals surface area contributed by atoms with Crippen LogP contribution in [0.1, 0.15) is 16.7 Å². The highest BCUT2D eigenvalue weighted by Crippen LogP contribution is 2.38. The Hall–Kier alpha value is -2.74. The standard InChI is InChI=1S/C20H16O2/c1-14-7-9-16-11-19-20(22-13-21-19)12-18(16)17(14)10-8-15-5-3-2-4-6-15/h2-12H,13H2,1H3/b10-8+. The predicted molar refractivity (Wildman–Crippen MR) is 90.2 cm³/mol. The van der Waals surface area contributed by atoms with Gasteiger partial charge in [-0.2, -0.15) is 0 Å². The molecule has 1 aliphatic heterocycles. The Morgan fingerprint density at radius 1 is 0.864 bits per heavy atom. The number of ether oxygens (including phenoxy) is 2. The van der Waals surface area contributed by atoms with Crippen molar-refractivity contribution < 1.29 is 9.47 Å². The third kappa shape index (κ3) is 2.23. The molecule has 0 aliphatic carbocycles. The molecule has 0 saturated heterocycles. The van der Waals surface area contributed by atoms with Gasteiger partial charge < -0.3 is 9.47 Å². The summed E-state index contributed by atoms with van der Waals surface area (Å²) in [5.74, 6) is 1.65. The highest BCUT2D eigenvalue weighted by molar-refractivity contribution is 5.96. The number of fused-ring (bicyclic) bond motifs is 2. The third-order valence-corrected chi connectivity index (χ3v) is 4.01. The Morgan fingerprint density at radius 2 is 1.64 bits per heavy atom. The van der Waals surface area contributed by atoms with E-state index in [-0.39, 0.29) is 0 Å². The highest BCUT2D eigenvalue weighted by atomic mass is 16.7. The molecule has 3 aromatic carbocycles. The Morgan fingerprint density at radius 3 is 2.45 bits per heavy atom. The van der Waals surface area contributed by atoms with E-state index in [2.05, 4.69) is 55.5 Å². The first-order valence-corrected chi connectivity index (χ1v) is 7.37. The molecule has 4 rings (SSSR count). The van der Waals surface area contributed by atoms with E-state index in [0.29, 0.717) is 6.79 Å². The maximum atomic E-state index is 5.52. The molecule has 2 nitrogen and oxygen atoms in total. The second-order valence-corrected chi connectivity index (χ2v) is 5.47. The van der Waals surface area contributed by atoms with Gasteiger partial charge in [0.1, 0.15) is 0 Å². The lowest BCUT2D eigenvalue weighted by molar-refractivity contribution is 0.174. The summed E-state index contributed by atoms with van der Waals surface area (Å²) in [6.45, 7) is 2.44. The first kappa shape index (κ1) is 13.0. The van der Waals surface area contributed by atoms with Crippen LogP contribution in [0, 0.1) is 6.92 Å². The average molecular weight is 288 g/mol. The molecular formula is C20H16O2. The third-order valence-electron chi connectivity index (χ3n) is 4.01. The summed E-state index contributed by atoms with van der Waals surface area (Å²) in [6.07, 6.45) is 4.32. The summed E-state index contributed by atoms with van der Waals surface area (Å²) in [5.41, 5.74) is 3.66. The van der Waals surface area contributed by atoms with E-state index >= 15 is 0 Å². The number of hydrogen-bond acceptors (Lipinski definition) is 2. The van der Waals surface area contributed by atoms with Crippen LogP contribution in [0.15, 0.2) is 54.6 Å². The Bertz CT molecular complexity index is 864. The van der Waals surface area contributed by atoms with Crippen LogP contribution >= 0.6 is 0 Å². The lowest BCUT2D eigenvalue weighted by Gasteiger charge is -2.08. The molecule has 0 unspecified atom stereocenters. The molecule has 0 radical (unpaired) electrons. The van der Waals surface area contributed by atoms with E-state index in [1.807, 2.05) is 18.2 Å². The van der Waals surface area contributed by atoms with Gasteiger partial charge in [-0.3, -0.25) is 0 Å². The molecule has 0 atom stereocenters. The van der Waals surface area contributed by atoms with Gasteiger partial charge in [0.15, 0.2) is 11.5 Å². The van der Waals surface area contributed by atoms with Crippen LogP contribution in [0.25, 0.3) is 22.9 Å². The summed E-state index contributed by atoms with van der Waals surface area (Å²) < 4.78 is 11.0. The molecule has 0 fully saturated rings. The van der Waals surface area contributed by atoms with Gasteiger partial charge in [-0.1, -0.05) is 54.6 Å². The Labute approximate surface area is 129 Å². The van der Waals surface area contributed by atoms with Gasteiger partial charge in [0.25, 0.3) is 0 Å². The van der Waals surface area contributed by atoms with E-state index in [1.54, 1.807) is 0 Å². The Balaban J connectivity index is 1.85. The summed E-state index contributed by atoms with van der Waals surface area (Å²) in [7, 11) is 0. The first-order chi connectivity index (χ1) is 10.8. The Kier molecular flexibility index (Phi) is 3.08. The van der Waals surface area contributed by atoms with E-state index in [0.717, 1.165) is 11.5 Å². The molecule has 0 bridgehead atoms. The van der Waals surface area contributed by atoms with Gasteiger partial charge in [-0.15, -0.1) is 0 Å². The van der Waals surface area contributed by atoms with Crippen molar-refractivity contribution in [3.8, 4) is 11.5 Å². The van der Waals surface area contributed by atoms with E-state index in [4.69, 9.17) is 9.47 Å². The SMILES string of the molecule is Cc1ccc2cc3c(cc2c1/C=C/c1ccccc1)OCO3. The second-order valence-electron chi connectivity index (χ2n) is 5.47. The molecule has 1 aliphatic rings. The van der Waals surface area contributed by atoms with Crippen LogP contribution < -0.4 is 9.47 Å². The monoisotopic (exact) mass is 288 g/mol. The maximum absolute atomic E-state index is 5.52. The fraction of sp³-hybridized carbons (Fsp3) is 0.100. The van der Waals surface area contributed by atoms with E-state index in [1.165, 1.54) is 27.5 Å². The van der Waals surface area contributed by atoms with Crippen molar-refractivity contribution in [1.29, 1.82) is 0 Å². The van der Waals surface area contributed by atoms with E-state index in [9.17, 15) is 0 Å². The zero-order valence-electron chi connectivity index (χ0n) is 12.4. The fourth-order valence-corrected chi connectivity index (χ4v) is 2.81. The minimum atomic E-state index is 0.305. The molecule has 0 saturated carbocycles. The number of benzene rings is 3. The molecule has 108 valence electrons. The molecule has 2 heteroatoms. The van der Waals surface area contributed by atoms with Crippen LogP contribution in [-0.2, 0) is 0 Å². The molecule has 0 spiro atoms. The lowest BCUT2D eigenvalue weighted by atomic mass is 9.98. The molecule has 0 amide bonds. The second kappa shape index (κ2) is 5.23. The first-order valence-electron chi connectivity index (χ1n) is 7.37. The average Bonchev–Trinajstić information content (AvgIpc) is 3.00. The molecule has 3 aromatic rings. The van der Waals surface area contributed by atoms with Gasteiger partial charge in [0.2, 0.25) is 6.79 Å². The minimum absolute atomic E-state index is 0.305. The smallest absolute Gasteiger partial charge is 0.231 e. The van der Waals surface area contributed by atoms with Crippen molar-refractivity contribution in [2.75, 3.05) is 6.79 Å². The lowest BCUT2D eigenvalue weighted by Crippen LogP contribution is -1.92. The van der Waals surface area contributed by atoms with Gasteiger partial charge in [-0.05, 0) is 46.5 Å². The number of rotatable bonds is 2. The largest absolute Gasteiger partial charge is 0.454 e. The van der Waals surface area contributed by atoms with Gasteiger partial charge in [-0.25, -0.2) is 0 Å². The molecule has 0 aromatic heterocycles. The van der Waals surface area contributed by atoms with Crippen molar-refractivity contribution in [3.05, 3.63) is 71.3 Å². The summed E-state index contributed by atoms with van der Waals surface area (Å²) in [5, 5.41) is 2.36. The van der Waals surface area contributed by atoms with Gasteiger partial charge in [0, 0.05) is 0 Å². The van der Waals surface area contributed by atoms with Crippen molar-refractivity contribution in [3.63, 3.8) is 0 Å². The molecule has 1 heterocycles. The van der Waals surface area contributed by atoms with Crippen molar-refractivity contribution in [2.45, 2.75) is 6.92 Å². The number of aryl methyl sites for hydroxylation is 1. The zero-order chi connectivity index (χ0) is 14.9.